The highest BCUT2D eigenvalue weighted by Gasteiger charge is 2.40. The maximum atomic E-state index is 13.9. The summed E-state index contributed by atoms with van der Waals surface area (Å²) in [4.78, 5) is 12.6. The number of furan rings is 1. The molecule has 2 saturated carbocycles. The smallest absolute Gasteiger partial charge is 0.287 e. The Kier molecular flexibility index (Phi) is 5.68. The van der Waals surface area contributed by atoms with Crippen LogP contribution in [0, 0.1) is 17.7 Å². The van der Waals surface area contributed by atoms with Crippen LogP contribution in [0.3, 0.4) is 0 Å². The van der Waals surface area contributed by atoms with Gasteiger partial charge in [-0.15, -0.1) is 12.4 Å². The molecule has 2 aliphatic rings. The first-order valence-electron chi connectivity index (χ1n) is 9.03. The van der Waals surface area contributed by atoms with Crippen LogP contribution in [0.2, 0.25) is 0 Å². The summed E-state index contributed by atoms with van der Waals surface area (Å²) in [5.41, 5.74) is 6.51. The average molecular weight is 379 g/mol. The molecule has 140 valence electrons. The van der Waals surface area contributed by atoms with Gasteiger partial charge in [-0.2, -0.15) is 0 Å². The molecule has 0 saturated heterocycles. The largest absolute Gasteiger partial charge is 0.451 e. The van der Waals surface area contributed by atoms with E-state index in [0.717, 1.165) is 25.7 Å². The highest BCUT2D eigenvalue weighted by Crippen LogP contribution is 2.39. The van der Waals surface area contributed by atoms with E-state index in [-0.39, 0.29) is 42.0 Å². The van der Waals surface area contributed by atoms with E-state index in [1.807, 2.05) is 0 Å². The van der Waals surface area contributed by atoms with Crippen LogP contribution in [-0.4, -0.2) is 18.0 Å². The van der Waals surface area contributed by atoms with E-state index < -0.39 is 0 Å². The number of hydrogen-bond acceptors (Lipinski definition) is 3. The van der Waals surface area contributed by atoms with Crippen molar-refractivity contribution >= 4 is 18.3 Å². The summed E-state index contributed by atoms with van der Waals surface area (Å²) in [6.07, 6.45) is 5.40. The molecule has 1 aromatic heterocycles. The summed E-state index contributed by atoms with van der Waals surface area (Å²) in [7, 11) is 0. The predicted molar refractivity (Wildman–Crippen MR) is 101 cm³/mol. The van der Waals surface area contributed by atoms with Crippen molar-refractivity contribution < 1.29 is 13.6 Å². The number of benzene rings is 1. The van der Waals surface area contributed by atoms with Crippen LogP contribution >= 0.6 is 12.4 Å². The van der Waals surface area contributed by atoms with Crippen molar-refractivity contribution in [2.45, 2.75) is 44.2 Å². The lowest BCUT2D eigenvalue weighted by Gasteiger charge is -2.45. The molecule has 2 bridgehead atoms. The number of nitrogens with one attached hydrogen (secondary N) is 1. The fourth-order valence-electron chi connectivity index (χ4n) is 4.51. The third-order valence-electron chi connectivity index (χ3n) is 5.64. The first-order valence-corrected chi connectivity index (χ1v) is 9.03. The summed E-state index contributed by atoms with van der Waals surface area (Å²) in [5.74, 6) is 0.916. The van der Waals surface area contributed by atoms with Crippen molar-refractivity contribution in [2.24, 2.45) is 17.6 Å². The first-order chi connectivity index (χ1) is 12.1. The lowest BCUT2D eigenvalue weighted by molar-refractivity contribution is 0.0733. The lowest BCUT2D eigenvalue weighted by Crippen LogP contribution is -2.53. The van der Waals surface area contributed by atoms with E-state index in [1.165, 1.54) is 12.5 Å². The molecule has 3 N–H and O–H groups in total. The van der Waals surface area contributed by atoms with Gasteiger partial charge in [0.05, 0.1) is 5.56 Å². The minimum atomic E-state index is -0.361. The second-order valence-corrected chi connectivity index (χ2v) is 7.33. The zero-order valence-corrected chi connectivity index (χ0v) is 15.3. The topological polar surface area (TPSA) is 68.3 Å². The zero-order valence-electron chi connectivity index (χ0n) is 14.5. The Morgan fingerprint density at radius 1 is 1.12 bits per heavy atom. The molecule has 0 radical (unpaired) electrons. The number of carbonyl (C=O) groups is 1. The van der Waals surface area contributed by atoms with Gasteiger partial charge in [-0.25, -0.2) is 4.39 Å². The Labute approximate surface area is 158 Å². The van der Waals surface area contributed by atoms with Crippen molar-refractivity contribution in [3.63, 3.8) is 0 Å². The van der Waals surface area contributed by atoms with E-state index in [4.69, 9.17) is 10.2 Å². The van der Waals surface area contributed by atoms with Gasteiger partial charge in [0.25, 0.3) is 5.91 Å². The number of carbonyl (C=O) groups excluding carboxylic acids is 1. The van der Waals surface area contributed by atoms with Crippen molar-refractivity contribution in [3.05, 3.63) is 48.0 Å². The minimum Gasteiger partial charge on any atom is -0.451 e. The van der Waals surface area contributed by atoms with Gasteiger partial charge in [0.1, 0.15) is 11.6 Å². The summed E-state index contributed by atoms with van der Waals surface area (Å²) >= 11 is 0. The maximum Gasteiger partial charge on any atom is 0.287 e. The van der Waals surface area contributed by atoms with Gasteiger partial charge in [-0.1, -0.05) is 18.6 Å². The van der Waals surface area contributed by atoms with Crippen molar-refractivity contribution in [1.82, 2.24) is 5.32 Å². The Balaban J connectivity index is 0.00000196. The Bertz CT molecular complexity index is 765. The van der Waals surface area contributed by atoms with Gasteiger partial charge in [0.2, 0.25) is 0 Å². The van der Waals surface area contributed by atoms with E-state index >= 15 is 0 Å². The number of fused-ring (bicyclic) bond motifs is 2. The monoisotopic (exact) mass is 378 g/mol. The zero-order chi connectivity index (χ0) is 17.4. The number of nitrogens with two attached hydrogens (primary N) is 1. The van der Waals surface area contributed by atoms with Crippen LogP contribution in [0.15, 0.2) is 40.8 Å². The van der Waals surface area contributed by atoms with Crippen molar-refractivity contribution in [3.8, 4) is 11.3 Å². The molecule has 26 heavy (non-hydrogen) atoms. The third-order valence-corrected chi connectivity index (χ3v) is 5.64. The molecular formula is C20H24ClFN2O2. The molecule has 1 aromatic carbocycles. The highest BCUT2D eigenvalue weighted by molar-refractivity contribution is 5.92. The van der Waals surface area contributed by atoms with Gasteiger partial charge in [0, 0.05) is 12.1 Å². The second kappa shape index (κ2) is 7.80. The van der Waals surface area contributed by atoms with Crippen LogP contribution in [0.4, 0.5) is 4.39 Å². The quantitative estimate of drug-likeness (QED) is 0.843. The molecule has 6 heteroatoms. The molecule has 4 nitrogen and oxygen atoms in total. The summed E-state index contributed by atoms with van der Waals surface area (Å²) in [6, 6.07) is 10.1. The normalized spacial score (nSPS) is 27.5. The molecule has 2 aromatic rings. The van der Waals surface area contributed by atoms with Crippen LogP contribution in [0.25, 0.3) is 11.3 Å². The molecule has 1 heterocycles. The van der Waals surface area contributed by atoms with Crippen LogP contribution < -0.4 is 11.1 Å². The number of halogens is 2. The molecule has 2 fully saturated rings. The number of amides is 1. The molecule has 2 atom stereocenters. The maximum absolute atomic E-state index is 13.9. The second-order valence-electron chi connectivity index (χ2n) is 7.33. The molecule has 0 aliphatic heterocycles. The minimum absolute atomic E-state index is 0. The average Bonchev–Trinajstić information content (AvgIpc) is 3.06. The van der Waals surface area contributed by atoms with E-state index in [1.54, 1.807) is 30.3 Å². The fraction of sp³-hybridized carbons (Fsp3) is 0.450. The molecule has 4 rings (SSSR count). The number of rotatable bonds is 3. The van der Waals surface area contributed by atoms with Gasteiger partial charge in [0.15, 0.2) is 5.76 Å². The fourth-order valence-corrected chi connectivity index (χ4v) is 4.51. The van der Waals surface area contributed by atoms with Crippen LogP contribution in [0.1, 0.15) is 42.7 Å². The van der Waals surface area contributed by atoms with E-state index in [9.17, 15) is 9.18 Å². The van der Waals surface area contributed by atoms with Gasteiger partial charge < -0.3 is 15.5 Å². The van der Waals surface area contributed by atoms with Crippen LogP contribution in [0.5, 0.6) is 0 Å². The first kappa shape index (κ1) is 18.9. The molecule has 2 aliphatic carbocycles. The molecule has 0 spiro atoms. The highest BCUT2D eigenvalue weighted by atomic mass is 35.5. The van der Waals surface area contributed by atoms with E-state index in [2.05, 4.69) is 5.32 Å². The van der Waals surface area contributed by atoms with E-state index in [0.29, 0.717) is 23.2 Å². The predicted octanol–water partition coefficient (Wildman–Crippen LogP) is 4.14. The van der Waals surface area contributed by atoms with Gasteiger partial charge in [-0.05, 0) is 61.8 Å². The van der Waals surface area contributed by atoms with Crippen LogP contribution in [-0.2, 0) is 0 Å². The van der Waals surface area contributed by atoms with Crippen molar-refractivity contribution in [1.29, 1.82) is 0 Å². The molecule has 2 unspecified atom stereocenters. The summed E-state index contributed by atoms with van der Waals surface area (Å²) in [6.45, 7) is 0. The van der Waals surface area contributed by atoms with Gasteiger partial charge >= 0.3 is 0 Å². The molecular weight excluding hydrogens is 355 g/mol. The SMILES string of the molecule is Cl.NC1CC2CCCC(C1)C2NC(=O)c1ccc(-c2ccccc2F)o1. The Hall–Kier alpha value is -1.85. The summed E-state index contributed by atoms with van der Waals surface area (Å²) < 4.78 is 19.5. The molecule has 1 amide bonds. The Morgan fingerprint density at radius 3 is 2.50 bits per heavy atom. The Morgan fingerprint density at radius 2 is 1.81 bits per heavy atom. The van der Waals surface area contributed by atoms with Crippen molar-refractivity contribution in [2.75, 3.05) is 0 Å². The standard InChI is InChI=1S/C20H23FN2O2.ClH/c21-16-7-2-1-6-15(16)17-8-9-18(25-17)20(24)23-19-12-4-3-5-13(19)11-14(22)10-12;/h1-2,6-9,12-14,19H,3-5,10-11,22H2,(H,23,24);1H. The third kappa shape index (κ3) is 3.64. The lowest BCUT2D eigenvalue weighted by atomic mass is 9.67. The number of hydrogen-bond donors (Lipinski definition) is 2. The summed E-state index contributed by atoms with van der Waals surface area (Å²) in [5, 5.41) is 3.16. The van der Waals surface area contributed by atoms with Gasteiger partial charge in [-0.3, -0.25) is 4.79 Å².